The number of amidine groups is 1. The van der Waals surface area contributed by atoms with Crippen molar-refractivity contribution in [2.75, 3.05) is 18.0 Å². The predicted octanol–water partition coefficient (Wildman–Crippen LogP) is 2.26. The summed E-state index contributed by atoms with van der Waals surface area (Å²) in [7, 11) is 0. The molecule has 1 aliphatic heterocycles. The van der Waals surface area contributed by atoms with E-state index < -0.39 is 5.97 Å². The fraction of sp³-hybridized carbons (Fsp3) is 0.385. The molecule has 0 atom stereocenters. The van der Waals surface area contributed by atoms with Crippen molar-refractivity contribution < 1.29 is 9.90 Å². The fourth-order valence-electron chi connectivity index (χ4n) is 2.00. The number of anilines is 1. The van der Waals surface area contributed by atoms with Crippen LogP contribution in [-0.4, -0.2) is 30.0 Å². The van der Waals surface area contributed by atoms with Gasteiger partial charge in [0.05, 0.1) is 12.1 Å². The Hall–Kier alpha value is -1.84. The summed E-state index contributed by atoms with van der Waals surface area (Å²) in [5.41, 5.74) is 1.33. The normalized spacial score (nSPS) is 15.2. The first-order chi connectivity index (χ1) is 8.09. The van der Waals surface area contributed by atoms with E-state index in [1.165, 1.54) is 0 Å². The molecular formula is C13H16N2O2. The van der Waals surface area contributed by atoms with Crippen molar-refractivity contribution in [1.29, 1.82) is 0 Å². The van der Waals surface area contributed by atoms with Crippen molar-refractivity contribution in [2.24, 2.45) is 10.9 Å². The van der Waals surface area contributed by atoms with E-state index in [4.69, 9.17) is 5.11 Å². The molecule has 0 aliphatic carbocycles. The van der Waals surface area contributed by atoms with Crippen LogP contribution in [0.15, 0.2) is 29.3 Å². The zero-order valence-corrected chi connectivity index (χ0v) is 10.1. The smallest absolute Gasteiger partial charge is 0.335 e. The molecule has 90 valence electrons. The summed E-state index contributed by atoms with van der Waals surface area (Å²) in [6.45, 7) is 5.92. The predicted molar refractivity (Wildman–Crippen MR) is 67.9 cm³/mol. The molecule has 4 nitrogen and oxygen atoms in total. The number of carbonyl (C=O) groups is 1. The van der Waals surface area contributed by atoms with Crippen molar-refractivity contribution in [3.63, 3.8) is 0 Å². The monoisotopic (exact) mass is 232 g/mol. The summed E-state index contributed by atoms with van der Waals surface area (Å²) in [6.07, 6.45) is 0. The highest BCUT2D eigenvalue weighted by Gasteiger charge is 2.21. The first-order valence-corrected chi connectivity index (χ1v) is 5.75. The van der Waals surface area contributed by atoms with Crippen LogP contribution in [-0.2, 0) is 0 Å². The van der Waals surface area contributed by atoms with Gasteiger partial charge in [0.2, 0.25) is 0 Å². The number of nitrogens with zero attached hydrogens (tertiary/aromatic N) is 2. The molecule has 1 aromatic rings. The highest BCUT2D eigenvalue weighted by molar-refractivity contribution is 6.00. The maximum atomic E-state index is 10.8. The second kappa shape index (κ2) is 4.57. The minimum absolute atomic E-state index is 0.316. The maximum Gasteiger partial charge on any atom is 0.335 e. The summed E-state index contributed by atoms with van der Waals surface area (Å²) >= 11 is 0. The Morgan fingerprint density at radius 2 is 2.00 bits per heavy atom. The molecule has 17 heavy (non-hydrogen) atoms. The van der Waals surface area contributed by atoms with Crippen LogP contribution in [0.5, 0.6) is 0 Å². The van der Waals surface area contributed by atoms with Gasteiger partial charge in [-0.1, -0.05) is 13.8 Å². The third-order valence-electron chi connectivity index (χ3n) is 2.82. The van der Waals surface area contributed by atoms with Gasteiger partial charge in [0.15, 0.2) is 0 Å². The van der Waals surface area contributed by atoms with E-state index in [1.54, 1.807) is 12.1 Å². The van der Waals surface area contributed by atoms with Crippen molar-refractivity contribution in [2.45, 2.75) is 13.8 Å². The Bertz CT molecular complexity index is 449. The second-order valence-corrected chi connectivity index (χ2v) is 4.40. The first kappa shape index (κ1) is 11.6. The van der Waals surface area contributed by atoms with Gasteiger partial charge >= 0.3 is 5.97 Å². The fourth-order valence-corrected chi connectivity index (χ4v) is 2.00. The molecule has 1 aliphatic rings. The van der Waals surface area contributed by atoms with Crippen LogP contribution >= 0.6 is 0 Å². The van der Waals surface area contributed by atoms with E-state index in [0.29, 0.717) is 11.5 Å². The van der Waals surface area contributed by atoms with Gasteiger partial charge in [-0.05, 0) is 24.3 Å². The topological polar surface area (TPSA) is 52.9 Å². The summed E-state index contributed by atoms with van der Waals surface area (Å²) < 4.78 is 0. The minimum atomic E-state index is -0.893. The maximum absolute atomic E-state index is 10.8. The van der Waals surface area contributed by atoms with E-state index in [1.807, 2.05) is 12.1 Å². The molecule has 0 saturated carbocycles. The van der Waals surface area contributed by atoms with Crippen molar-refractivity contribution in [3.05, 3.63) is 29.8 Å². The van der Waals surface area contributed by atoms with E-state index in [0.717, 1.165) is 24.6 Å². The molecule has 1 aromatic carbocycles. The number of hydrogen-bond acceptors (Lipinski definition) is 3. The number of hydrogen-bond donors (Lipinski definition) is 1. The zero-order valence-electron chi connectivity index (χ0n) is 10.1. The number of aromatic carboxylic acids is 1. The zero-order chi connectivity index (χ0) is 12.4. The number of aliphatic imine (C=N–C) groups is 1. The van der Waals surface area contributed by atoms with Crippen LogP contribution in [0.2, 0.25) is 0 Å². The van der Waals surface area contributed by atoms with Gasteiger partial charge in [0.25, 0.3) is 0 Å². The molecule has 1 N–H and O–H groups in total. The summed E-state index contributed by atoms with van der Waals surface area (Å²) in [5, 5.41) is 8.84. The van der Waals surface area contributed by atoms with Gasteiger partial charge in [-0.25, -0.2) is 4.79 Å². The Balaban J connectivity index is 2.23. The Labute approximate surface area is 101 Å². The molecule has 0 unspecified atom stereocenters. The number of benzene rings is 1. The SMILES string of the molecule is CC(C)C1=NCCN1c1ccc(C(=O)O)cc1. The molecule has 0 amide bonds. The Kier molecular flexibility index (Phi) is 3.13. The molecule has 0 fully saturated rings. The summed E-state index contributed by atoms with van der Waals surface area (Å²) in [6, 6.07) is 6.95. The Morgan fingerprint density at radius 1 is 1.35 bits per heavy atom. The van der Waals surface area contributed by atoms with Crippen LogP contribution in [0.25, 0.3) is 0 Å². The molecule has 0 saturated heterocycles. The van der Waals surface area contributed by atoms with Crippen LogP contribution in [0.4, 0.5) is 5.69 Å². The van der Waals surface area contributed by atoms with Gasteiger partial charge in [0.1, 0.15) is 5.84 Å². The molecule has 0 spiro atoms. The molecule has 0 aromatic heterocycles. The van der Waals surface area contributed by atoms with Gasteiger partial charge in [-0.15, -0.1) is 0 Å². The molecule has 4 heteroatoms. The highest BCUT2D eigenvalue weighted by atomic mass is 16.4. The lowest BCUT2D eigenvalue weighted by atomic mass is 10.1. The highest BCUT2D eigenvalue weighted by Crippen LogP contribution is 2.21. The van der Waals surface area contributed by atoms with Gasteiger partial charge < -0.3 is 10.0 Å². The number of carboxylic acid groups (broad SMARTS) is 1. The second-order valence-electron chi connectivity index (χ2n) is 4.40. The third kappa shape index (κ3) is 2.30. The van der Waals surface area contributed by atoms with Crippen molar-refractivity contribution in [3.8, 4) is 0 Å². The van der Waals surface area contributed by atoms with Crippen LogP contribution in [0, 0.1) is 5.92 Å². The third-order valence-corrected chi connectivity index (χ3v) is 2.82. The van der Waals surface area contributed by atoms with Gasteiger partial charge in [0, 0.05) is 18.2 Å². The number of carboxylic acids is 1. The van der Waals surface area contributed by atoms with Crippen molar-refractivity contribution >= 4 is 17.5 Å². The molecule has 0 radical (unpaired) electrons. The largest absolute Gasteiger partial charge is 0.478 e. The molecule has 0 bridgehead atoms. The quantitative estimate of drug-likeness (QED) is 0.869. The average Bonchev–Trinajstić information content (AvgIpc) is 2.78. The molecule has 2 rings (SSSR count). The lowest BCUT2D eigenvalue weighted by Gasteiger charge is -2.22. The number of rotatable bonds is 3. The van der Waals surface area contributed by atoms with Crippen LogP contribution < -0.4 is 4.90 Å². The van der Waals surface area contributed by atoms with E-state index in [-0.39, 0.29) is 0 Å². The first-order valence-electron chi connectivity index (χ1n) is 5.75. The van der Waals surface area contributed by atoms with E-state index >= 15 is 0 Å². The van der Waals surface area contributed by atoms with Gasteiger partial charge in [-0.2, -0.15) is 0 Å². The summed E-state index contributed by atoms with van der Waals surface area (Å²) in [4.78, 5) is 17.4. The van der Waals surface area contributed by atoms with Crippen molar-refractivity contribution in [1.82, 2.24) is 0 Å². The summed E-state index contributed by atoms with van der Waals surface area (Å²) in [5.74, 6) is 0.570. The Morgan fingerprint density at radius 3 is 2.53 bits per heavy atom. The average molecular weight is 232 g/mol. The lowest BCUT2D eigenvalue weighted by molar-refractivity contribution is 0.0697. The minimum Gasteiger partial charge on any atom is -0.478 e. The molecular weight excluding hydrogens is 216 g/mol. The van der Waals surface area contributed by atoms with Gasteiger partial charge in [-0.3, -0.25) is 4.99 Å². The standard InChI is InChI=1S/C13H16N2O2/c1-9(2)12-14-7-8-15(12)11-5-3-10(4-6-11)13(16)17/h3-6,9H,7-8H2,1-2H3,(H,16,17). The lowest BCUT2D eigenvalue weighted by Crippen LogP contribution is -2.30. The van der Waals surface area contributed by atoms with E-state index in [9.17, 15) is 4.79 Å². The van der Waals surface area contributed by atoms with E-state index in [2.05, 4.69) is 23.7 Å². The van der Waals surface area contributed by atoms with Crippen LogP contribution in [0.3, 0.4) is 0 Å². The van der Waals surface area contributed by atoms with Crippen LogP contribution in [0.1, 0.15) is 24.2 Å². The molecule has 1 heterocycles.